The Morgan fingerprint density at radius 1 is 1.46 bits per heavy atom. The predicted octanol–water partition coefficient (Wildman–Crippen LogP) is 2.37. The van der Waals surface area contributed by atoms with Gasteiger partial charge in [0.2, 0.25) is 5.88 Å². The van der Waals surface area contributed by atoms with Gasteiger partial charge in [0.25, 0.3) is 0 Å². The van der Waals surface area contributed by atoms with Crippen LogP contribution in [0.15, 0.2) is 15.8 Å². The summed E-state index contributed by atoms with van der Waals surface area (Å²) in [6.07, 6.45) is -5.82. The lowest BCUT2D eigenvalue weighted by Gasteiger charge is -2.16. The topological polar surface area (TPSA) is 105 Å². The van der Waals surface area contributed by atoms with Gasteiger partial charge in [0.05, 0.1) is 39.1 Å². The summed E-state index contributed by atoms with van der Waals surface area (Å²) < 4.78 is 49.3. The number of hydrogen-bond acceptors (Lipinski definition) is 7. The number of aromatic amines is 1. The molecule has 0 saturated heterocycles. The van der Waals surface area contributed by atoms with E-state index in [0.717, 1.165) is 11.8 Å². The molecule has 1 atom stereocenters. The lowest BCUT2D eigenvalue weighted by Crippen LogP contribution is -2.19. The van der Waals surface area contributed by atoms with E-state index in [1.165, 1.54) is 7.11 Å². The molecule has 3 N–H and O–H groups in total. The zero-order chi connectivity index (χ0) is 19.5. The van der Waals surface area contributed by atoms with Crippen LogP contribution in [0.2, 0.25) is 5.02 Å². The molecule has 7 nitrogen and oxygen atoms in total. The van der Waals surface area contributed by atoms with E-state index in [0.29, 0.717) is 6.07 Å². The Bertz CT molecular complexity index is 846. The largest absolute Gasteiger partial charge is 0.493 e. The maximum Gasteiger partial charge on any atom is 0.417 e. The highest BCUT2D eigenvalue weighted by molar-refractivity contribution is 7.99. The maximum absolute atomic E-state index is 13.2. The predicted molar refractivity (Wildman–Crippen MR) is 88.6 cm³/mol. The summed E-state index contributed by atoms with van der Waals surface area (Å²) in [6.45, 7) is -0.166. The first-order valence-electron chi connectivity index (χ1n) is 7.05. The van der Waals surface area contributed by atoms with E-state index in [4.69, 9.17) is 16.3 Å². The molecule has 144 valence electrons. The van der Waals surface area contributed by atoms with E-state index in [1.54, 1.807) is 0 Å². The van der Waals surface area contributed by atoms with Gasteiger partial charge in [0.1, 0.15) is 6.79 Å². The van der Waals surface area contributed by atoms with Gasteiger partial charge < -0.3 is 24.7 Å². The van der Waals surface area contributed by atoms with E-state index in [2.05, 4.69) is 14.7 Å². The molecule has 0 fully saturated rings. The lowest BCUT2D eigenvalue weighted by atomic mass is 10.1. The number of rotatable bonds is 7. The Morgan fingerprint density at radius 3 is 2.77 bits per heavy atom. The molecule has 0 aliphatic heterocycles. The van der Waals surface area contributed by atoms with Gasteiger partial charge in [-0.2, -0.15) is 18.2 Å². The van der Waals surface area contributed by atoms with Crippen LogP contribution in [0.5, 0.6) is 5.88 Å². The number of nitrogens with one attached hydrogen (secondary N) is 1. The van der Waals surface area contributed by atoms with Crippen molar-refractivity contribution < 1.29 is 32.9 Å². The number of nitrogens with zero attached hydrogens (tertiary/aromatic N) is 1. The summed E-state index contributed by atoms with van der Waals surface area (Å²) in [5.74, 6) is -0.929. The molecule has 2 rings (SSSR count). The third-order valence-electron chi connectivity index (χ3n) is 3.14. The summed E-state index contributed by atoms with van der Waals surface area (Å²) in [4.78, 5) is 16.8. The maximum atomic E-state index is 13.2. The van der Waals surface area contributed by atoms with E-state index >= 15 is 0 Å². The van der Waals surface area contributed by atoms with Crippen LogP contribution in [0.3, 0.4) is 0 Å². The van der Waals surface area contributed by atoms with E-state index < -0.39 is 34.4 Å². The fourth-order valence-electron chi connectivity index (χ4n) is 2.06. The van der Waals surface area contributed by atoms with Crippen molar-refractivity contribution in [2.45, 2.75) is 17.2 Å². The molecule has 0 amide bonds. The van der Waals surface area contributed by atoms with Gasteiger partial charge in [-0.25, -0.2) is 4.79 Å². The summed E-state index contributed by atoms with van der Waals surface area (Å²) in [7, 11) is 1.40. The number of thioether (sulfide) groups is 1. The fraction of sp³-hybridized carbons (Fsp3) is 0.429. The van der Waals surface area contributed by atoms with E-state index in [1.807, 2.05) is 0 Å². The molecule has 0 aliphatic rings. The van der Waals surface area contributed by atoms with Crippen LogP contribution in [-0.2, 0) is 15.7 Å². The minimum absolute atomic E-state index is 0.0537. The number of aliphatic hydroxyl groups is 1. The van der Waals surface area contributed by atoms with Crippen molar-refractivity contribution in [3.8, 4) is 5.88 Å². The van der Waals surface area contributed by atoms with Crippen molar-refractivity contribution in [3.63, 3.8) is 0 Å². The number of methoxy groups -OCH3 is 1. The van der Waals surface area contributed by atoms with Gasteiger partial charge in [-0.1, -0.05) is 11.6 Å². The third kappa shape index (κ3) is 4.80. The third-order valence-corrected chi connectivity index (χ3v) is 4.89. The molecule has 0 bridgehead atoms. The molecule has 0 radical (unpaired) electrons. The Labute approximate surface area is 154 Å². The lowest BCUT2D eigenvalue weighted by molar-refractivity contribution is -0.137. The molecule has 0 aliphatic carbocycles. The minimum atomic E-state index is -4.79. The van der Waals surface area contributed by atoms with Gasteiger partial charge >= 0.3 is 11.9 Å². The van der Waals surface area contributed by atoms with Crippen LogP contribution in [0.1, 0.15) is 5.56 Å². The number of aromatic nitrogens is 2. The second-order valence-corrected chi connectivity index (χ2v) is 6.50. The zero-order valence-electron chi connectivity index (χ0n) is 13.3. The van der Waals surface area contributed by atoms with Crippen LogP contribution >= 0.6 is 23.4 Å². The fourth-order valence-corrected chi connectivity index (χ4v) is 3.48. The number of halogens is 4. The molecule has 0 unspecified atom stereocenters. The molecule has 0 saturated carbocycles. The molecule has 1 aromatic heterocycles. The van der Waals surface area contributed by atoms with Crippen LogP contribution in [-0.4, -0.2) is 52.5 Å². The van der Waals surface area contributed by atoms with Crippen molar-refractivity contribution in [3.05, 3.63) is 27.1 Å². The monoisotopic (exact) mass is 414 g/mol. The molecule has 26 heavy (non-hydrogen) atoms. The number of benzene rings is 1. The van der Waals surface area contributed by atoms with Gasteiger partial charge in [-0.3, -0.25) is 0 Å². The zero-order valence-corrected chi connectivity index (χ0v) is 14.8. The van der Waals surface area contributed by atoms with Crippen molar-refractivity contribution in [2.24, 2.45) is 0 Å². The van der Waals surface area contributed by atoms with Crippen LogP contribution in [0.25, 0.3) is 10.9 Å². The SMILES string of the molecule is COCOC[C@@H](O)CSc1c(Cl)c(C(F)(F)F)cc2c(O)nc(=O)[nH]c12. The van der Waals surface area contributed by atoms with Gasteiger partial charge in [0, 0.05) is 12.9 Å². The number of hydrogen-bond donors (Lipinski definition) is 3. The Kier molecular flexibility index (Phi) is 6.74. The first kappa shape index (κ1) is 20.8. The number of fused-ring (bicyclic) bond motifs is 1. The number of alkyl halides is 3. The Morgan fingerprint density at radius 2 is 2.15 bits per heavy atom. The first-order chi connectivity index (χ1) is 12.1. The summed E-state index contributed by atoms with van der Waals surface area (Å²) in [6, 6.07) is 0.609. The number of aliphatic hydroxyl groups excluding tert-OH is 1. The second-order valence-electron chi connectivity index (χ2n) is 5.10. The van der Waals surface area contributed by atoms with Gasteiger partial charge in [0.15, 0.2) is 0 Å². The van der Waals surface area contributed by atoms with Crippen molar-refractivity contribution in [2.75, 3.05) is 26.3 Å². The van der Waals surface area contributed by atoms with E-state index in [-0.39, 0.29) is 35.0 Å². The summed E-state index contributed by atoms with van der Waals surface area (Å²) in [5, 5.41) is 18.6. The number of H-pyrrole nitrogens is 1. The Balaban J connectivity index is 2.45. The molecular formula is C14H14ClF3N2O5S. The molecule has 1 aromatic carbocycles. The molecule has 0 spiro atoms. The van der Waals surface area contributed by atoms with E-state index in [9.17, 15) is 28.2 Å². The van der Waals surface area contributed by atoms with Gasteiger partial charge in [-0.05, 0) is 6.07 Å². The standard InChI is InChI=1S/C14H14ClF3N2O5S/c1-24-5-25-3-6(21)4-26-11-9(15)8(14(16,17)18)2-7-10(11)19-13(23)20-12(7)22/h2,6,21H,3-5H2,1H3,(H2,19,20,22,23)/t6-/m1/s1. The smallest absolute Gasteiger partial charge is 0.417 e. The minimum Gasteiger partial charge on any atom is -0.493 e. The molecule has 12 heteroatoms. The number of aromatic hydroxyl groups is 1. The second kappa shape index (κ2) is 8.44. The van der Waals surface area contributed by atoms with Crippen LogP contribution < -0.4 is 5.69 Å². The first-order valence-corrected chi connectivity index (χ1v) is 8.41. The number of ether oxygens (including phenoxy) is 2. The van der Waals surface area contributed by atoms with Crippen LogP contribution in [0.4, 0.5) is 13.2 Å². The quantitative estimate of drug-likeness (QED) is 0.363. The summed E-state index contributed by atoms with van der Waals surface area (Å²) in [5.41, 5.74) is -2.24. The average molecular weight is 415 g/mol. The normalized spacial score (nSPS) is 13.3. The summed E-state index contributed by atoms with van der Waals surface area (Å²) >= 11 is 6.67. The van der Waals surface area contributed by atoms with Gasteiger partial charge in [-0.15, -0.1) is 11.8 Å². The van der Waals surface area contributed by atoms with Crippen molar-refractivity contribution in [1.82, 2.24) is 9.97 Å². The highest BCUT2D eigenvalue weighted by Crippen LogP contribution is 2.44. The average Bonchev–Trinajstić information content (AvgIpc) is 2.52. The Hall–Kier alpha value is -1.53. The van der Waals surface area contributed by atoms with Crippen molar-refractivity contribution in [1.29, 1.82) is 0 Å². The molecule has 2 aromatic rings. The van der Waals surface area contributed by atoms with Crippen molar-refractivity contribution >= 4 is 34.3 Å². The highest BCUT2D eigenvalue weighted by Gasteiger charge is 2.36. The highest BCUT2D eigenvalue weighted by atomic mass is 35.5. The molecule has 1 heterocycles. The van der Waals surface area contributed by atoms with Crippen LogP contribution in [0, 0.1) is 0 Å². The molecular weight excluding hydrogens is 401 g/mol.